The molecule has 1 aromatic heterocycles. The van der Waals surface area contributed by atoms with E-state index in [0.717, 1.165) is 12.8 Å². The fourth-order valence-corrected chi connectivity index (χ4v) is 3.77. The van der Waals surface area contributed by atoms with Gasteiger partial charge in [-0.3, -0.25) is 15.0 Å². The van der Waals surface area contributed by atoms with Gasteiger partial charge in [0.15, 0.2) is 0 Å². The number of nitrogens with zero attached hydrogens (tertiary/aromatic N) is 3. The van der Waals surface area contributed by atoms with E-state index in [9.17, 15) is 14.9 Å². The van der Waals surface area contributed by atoms with Crippen LogP contribution in [0.5, 0.6) is 11.5 Å². The number of nitrogens with one attached hydrogen (secondary N) is 1. The number of imidazole rings is 1. The third kappa shape index (κ3) is 5.14. The summed E-state index contributed by atoms with van der Waals surface area (Å²) in [5.41, 5.74) is 0.655. The van der Waals surface area contributed by atoms with Crippen LogP contribution in [0.3, 0.4) is 0 Å². The van der Waals surface area contributed by atoms with Gasteiger partial charge in [0.05, 0.1) is 22.9 Å². The van der Waals surface area contributed by atoms with Crippen molar-refractivity contribution in [2.45, 2.75) is 45.3 Å². The van der Waals surface area contributed by atoms with E-state index in [1.54, 1.807) is 47.5 Å². The summed E-state index contributed by atoms with van der Waals surface area (Å²) in [7, 11) is 0. The van der Waals surface area contributed by atoms with E-state index in [0.29, 0.717) is 29.4 Å². The van der Waals surface area contributed by atoms with E-state index in [1.165, 1.54) is 6.07 Å². The summed E-state index contributed by atoms with van der Waals surface area (Å²) in [5, 5.41) is 11.5. The van der Waals surface area contributed by atoms with Gasteiger partial charge in [-0.25, -0.2) is 9.78 Å². The van der Waals surface area contributed by atoms with Gasteiger partial charge in [0.25, 0.3) is 0 Å². The smallest absolute Gasteiger partial charge is 0.410 e. The molecule has 0 spiro atoms. The van der Waals surface area contributed by atoms with Crippen molar-refractivity contribution in [2.24, 2.45) is 0 Å². The number of amides is 1. The van der Waals surface area contributed by atoms with Crippen LogP contribution in [-0.4, -0.2) is 38.0 Å². The first-order valence-corrected chi connectivity index (χ1v) is 10.8. The molecule has 1 atom stereocenters. The number of hydrogen-bond donors (Lipinski definition) is 1. The average molecular weight is 450 g/mol. The molecule has 3 aromatic rings. The minimum absolute atomic E-state index is 0.130. The molecule has 9 heteroatoms. The summed E-state index contributed by atoms with van der Waals surface area (Å²) in [4.78, 5) is 33.1. The predicted octanol–water partition coefficient (Wildman–Crippen LogP) is 5.85. The van der Waals surface area contributed by atoms with Crippen molar-refractivity contribution in [3.63, 3.8) is 0 Å². The lowest BCUT2D eigenvalue weighted by atomic mass is 10.1. The van der Waals surface area contributed by atoms with Crippen molar-refractivity contribution in [3.8, 4) is 22.8 Å². The van der Waals surface area contributed by atoms with Crippen LogP contribution < -0.4 is 4.74 Å². The number of H-pyrrole nitrogens is 1. The first-order chi connectivity index (χ1) is 15.7. The Morgan fingerprint density at radius 2 is 1.97 bits per heavy atom. The number of aromatic amines is 1. The number of aromatic nitrogens is 2. The Morgan fingerprint density at radius 1 is 1.21 bits per heavy atom. The number of ether oxygens (including phenoxy) is 2. The lowest BCUT2D eigenvalue weighted by Gasteiger charge is -2.27. The summed E-state index contributed by atoms with van der Waals surface area (Å²) >= 11 is 0. The van der Waals surface area contributed by atoms with Gasteiger partial charge in [-0.1, -0.05) is 18.2 Å². The summed E-state index contributed by atoms with van der Waals surface area (Å²) in [6.07, 6.45) is 2.92. The molecule has 0 radical (unpaired) electrons. The van der Waals surface area contributed by atoms with Crippen LogP contribution in [0.4, 0.5) is 10.5 Å². The fraction of sp³-hybridized carbons (Fsp3) is 0.333. The van der Waals surface area contributed by atoms with Crippen LogP contribution in [0, 0.1) is 10.1 Å². The van der Waals surface area contributed by atoms with E-state index in [4.69, 9.17) is 9.47 Å². The topological polar surface area (TPSA) is 111 Å². The largest absolute Gasteiger partial charge is 0.450 e. The monoisotopic (exact) mass is 450 g/mol. The molecule has 1 fully saturated rings. The van der Waals surface area contributed by atoms with Gasteiger partial charge in [-0.05, 0) is 57.9 Å². The molecule has 1 saturated heterocycles. The van der Waals surface area contributed by atoms with Gasteiger partial charge < -0.3 is 14.5 Å². The second-order valence-electron chi connectivity index (χ2n) is 8.87. The highest BCUT2D eigenvalue weighted by Crippen LogP contribution is 2.36. The first kappa shape index (κ1) is 22.3. The number of hydrogen-bond acceptors (Lipinski definition) is 6. The minimum Gasteiger partial charge on any atom is -0.450 e. The lowest BCUT2D eigenvalue weighted by Crippen LogP contribution is -2.36. The standard InChI is InChI=1S/C24H26N4O5/c1-24(2,3)33-23(29)27-13-7-10-20(27)22-25-15-18(26-22)16-11-12-19(28(30)31)21(14-16)32-17-8-5-4-6-9-17/h4-6,8-9,11-12,14-15,20H,7,10,13H2,1-3H3,(H,25,26)/t20-/m0/s1. The molecule has 1 aliphatic heterocycles. The zero-order valence-electron chi connectivity index (χ0n) is 18.8. The predicted molar refractivity (Wildman–Crippen MR) is 122 cm³/mol. The lowest BCUT2D eigenvalue weighted by molar-refractivity contribution is -0.385. The Kier molecular flexibility index (Phi) is 6.04. The van der Waals surface area contributed by atoms with Crippen LogP contribution >= 0.6 is 0 Å². The quantitative estimate of drug-likeness (QED) is 0.386. The number of carbonyl (C=O) groups excluding carboxylic acids is 1. The molecule has 1 amide bonds. The Morgan fingerprint density at radius 3 is 2.67 bits per heavy atom. The maximum absolute atomic E-state index is 12.6. The molecule has 1 aliphatic rings. The number of carbonyl (C=O) groups is 1. The van der Waals surface area contributed by atoms with Gasteiger partial charge in [0.1, 0.15) is 17.2 Å². The zero-order valence-corrected chi connectivity index (χ0v) is 18.8. The molecule has 9 nitrogen and oxygen atoms in total. The molecule has 0 aliphatic carbocycles. The molecule has 1 N–H and O–H groups in total. The molecule has 0 unspecified atom stereocenters. The molecule has 0 saturated carbocycles. The molecular weight excluding hydrogens is 424 g/mol. The van der Waals surface area contributed by atoms with E-state index >= 15 is 0 Å². The molecular formula is C24H26N4O5. The van der Waals surface area contributed by atoms with Gasteiger partial charge in [0.2, 0.25) is 5.75 Å². The highest BCUT2D eigenvalue weighted by atomic mass is 16.6. The SMILES string of the molecule is CC(C)(C)OC(=O)N1CCC[C@H]1c1ncc(-c2ccc([N+](=O)[O-])c(Oc3ccccc3)c2)[nH]1. The highest BCUT2D eigenvalue weighted by Gasteiger charge is 2.35. The number of nitro groups is 1. The van der Waals surface area contributed by atoms with E-state index < -0.39 is 10.5 Å². The van der Waals surface area contributed by atoms with E-state index in [-0.39, 0.29) is 23.6 Å². The molecule has 172 valence electrons. The van der Waals surface area contributed by atoms with Crippen LogP contribution in [0.2, 0.25) is 0 Å². The van der Waals surface area contributed by atoms with Crippen LogP contribution in [-0.2, 0) is 4.74 Å². The van der Waals surface area contributed by atoms with Gasteiger partial charge in [-0.15, -0.1) is 0 Å². The first-order valence-electron chi connectivity index (χ1n) is 10.8. The molecule has 0 bridgehead atoms. The van der Waals surface area contributed by atoms with Crippen LogP contribution in [0.1, 0.15) is 45.5 Å². The van der Waals surface area contributed by atoms with Gasteiger partial charge >= 0.3 is 11.8 Å². The van der Waals surface area contributed by atoms with Gasteiger partial charge in [-0.2, -0.15) is 0 Å². The van der Waals surface area contributed by atoms with Crippen molar-refractivity contribution in [1.29, 1.82) is 0 Å². The summed E-state index contributed by atoms with van der Waals surface area (Å²) < 4.78 is 11.3. The van der Waals surface area contributed by atoms with Crippen molar-refractivity contribution < 1.29 is 19.2 Å². The number of nitro benzene ring substituents is 1. The Balaban J connectivity index is 1.60. The van der Waals surface area contributed by atoms with Crippen molar-refractivity contribution >= 4 is 11.8 Å². The highest BCUT2D eigenvalue weighted by molar-refractivity contribution is 5.69. The van der Waals surface area contributed by atoms with Crippen LogP contribution in [0.15, 0.2) is 54.7 Å². The Bertz CT molecular complexity index is 1150. The molecule has 2 aromatic carbocycles. The number of likely N-dealkylation sites (tertiary alicyclic amines) is 1. The summed E-state index contributed by atoms with van der Waals surface area (Å²) in [5.74, 6) is 1.29. The molecule has 2 heterocycles. The van der Waals surface area contributed by atoms with E-state index in [1.807, 2.05) is 26.8 Å². The van der Waals surface area contributed by atoms with E-state index in [2.05, 4.69) is 9.97 Å². The maximum atomic E-state index is 12.6. The normalized spacial score (nSPS) is 16.0. The maximum Gasteiger partial charge on any atom is 0.410 e. The molecule has 4 rings (SSSR count). The van der Waals surface area contributed by atoms with Crippen molar-refractivity contribution in [3.05, 3.63) is 70.7 Å². The third-order valence-electron chi connectivity index (χ3n) is 5.23. The van der Waals surface area contributed by atoms with Crippen molar-refractivity contribution in [2.75, 3.05) is 6.54 Å². The Hall–Kier alpha value is -3.88. The average Bonchev–Trinajstić information content (AvgIpc) is 3.43. The molecule has 33 heavy (non-hydrogen) atoms. The van der Waals surface area contributed by atoms with Crippen molar-refractivity contribution in [1.82, 2.24) is 14.9 Å². The number of rotatable bonds is 5. The zero-order chi connectivity index (χ0) is 23.6. The second kappa shape index (κ2) is 8.93. The second-order valence-corrected chi connectivity index (χ2v) is 8.87. The van der Waals surface area contributed by atoms with Crippen LogP contribution in [0.25, 0.3) is 11.3 Å². The summed E-state index contributed by atoms with van der Waals surface area (Å²) in [6, 6.07) is 13.4. The number of benzene rings is 2. The minimum atomic E-state index is -0.577. The Labute approximate surface area is 191 Å². The number of para-hydroxylation sites is 1. The summed E-state index contributed by atoms with van der Waals surface area (Å²) in [6.45, 7) is 6.11. The fourth-order valence-electron chi connectivity index (χ4n) is 3.77. The third-order valence-corrected chi connectivity index (χ3v) is 5.23. The van der Waals surface area contributed by atoms with Gasteiger partial charge in [0, 0.05) is 18.2 Å².